The van der Waals surface area contributed by atoms with Gasteiger partial charge in [0.15, 0.2) is 9.84 Å². The molecule has 0 aliphatic carbocycles. The smallest absolute Gasteiger partial charge is 0.251 e. The lowest BCUT2D eigenvalue weighted by molar-refractivity contribution is 0.0937. The molecule has 0 bridgehead atoms. The molecule has 1 saturated heterocycles. The maximum Gasteiger partial charge on any atom is 0.251 e. The number of nitrogens with two attached hydrogens (primary N) is 1. The second-order valence-electron chi connectivity index (χ2n) is 5.12. The standard InChI is InChI=1S/C14H20N2O3S/c15-8-7-11-4-1-2-6-13(11)14(17)16-12-5-3-9-20(18,19)10-12/h1-2,4,6,12H,3,5,7-10,15H2,(H,16,17). The summed E-state index contributed by atoms with van der Waals surface area (Å²) in [4.78, 5) is 12.3. The van der Waals surface area contributed by atoms with E-state index in [0.29, 0.717) is 31.4 Å². The van der Waals surface area contributed by atoms with Crippen molar-refractivity contribution >= 4 is 15.7 Å². The van der Waals surface area contributed by atoms with E-state index < -0.39 is 9.84 Å². The topological polar surface area (TPSA) is 89.3 Å². The third-order valence-corrected chi connectivity index (χ3v) is 5.29. The van der Waals surface area contributed by atoms with Crippen LogP contribution in [0, 0.1) is 0 Å². The van der Waals surface area contributed by atoms with Gasteiger partial charge in [0, 0.05) is 11.6 Å². The Hall–Kier alpha value is -1.40. The molecule has 3 N–H and O–H groups in total. The largest absolute Gasteiger partial charge is 0.348 e. The van der Waals surface area contributed by atoms with E-state index in [1.54, 1.807) is 12.1 Å². The highest BCUT2D eigenvalue weighted by molar-refractivity contribution is 7.91. The summed E-state index contributed by atoms with van der Waals surface area (Å²) < 4.78 is 23.2. The first-order valence-electron chi connectivity index (χ1n) is 6.81. The molecular weight excluding hydrogens is 276 g/mol. The highest BCUT2D eigenvalue weighted by Gasteiger charge is 2.26. The van der Waals surface area contributed by atoms with E-state index in [1.165, 1.54) is 0 Å². The van der Waals surface area contributed by atoms with E-state index in [0.717, 1.165) is 5.56 Å². The first-order chi connectivity index (χ1) is 9.52. The van der Waals surface area contributed by atoms with Crippen LogP contribution in [0.2, 0.25) is 0 Å². The van der Waals surface area contributed by atoms with Gasteiger partial charge in [0.1, 0.15) is 0 Å². The molecule has 1 aromatic rings. The van der Waals surface area contributed by atoms with E-state index in [9.17, 15) is 13.2 Å². The van der Waals surface area contributed by atoms with Crippen molar-refractivity contribution in [2.24, 2.45) is 5.73 Å². The molecule has 6 heteroatoms. The van der Waals surface area contributed by atoms with Crippen LogP contribution in [0.1, 0.15) is 28.8 Å². The van der Waals surface area contributed by atoms with E-state index in [1.807, 2.05) is 12.1 Å². The molecule has 1 atom stereocenters. The fourth-order valence-corrected chi connectivity index (χ4v) is 4.15. The molecule has 1 amide bonds. The molecule has 20 heavy (non-hydrogen) atoms. The summed E-state index contributed by atoms with van der Waals surface area (Å²) in [5, 5.41) is 2.83. The highest BCUT2D eigenvalue weighted by Crippen LogP contribution is 2.14. The Kier molecular flexibility index (Phi) is 4.77. The van der Waals surface area contributed by atoms with Gasteiger partial charge in [-0.25, -0.2) is 8.42 Å². The summed E-state index contributed by atoms with van der Waals surface area (Å²) in [6.45, 7) is 0.474. The number of hydrogen-bond acceptors (Lipinski definition) is 4. The number of amides is 1. The zero-order valence-electron chi connectivity index (χ0n) is 11.3. The van der Waals surface area contributed by atoms with Gasteiger partial charge in [-0.1, -0.05) is 18.2 Å². The molecule has 5 nitrogen and oxygen atoms in total. The van der Waals surface area contributed by atoms with Crippen LogP contribution >= 0.6 is 0 Å². The van der Waals surface area contributed by atoms with Crippen molar-refractivity contribution in [1.82, 2.24) is 5.32 Å². The van der Waals surface area contributed by atoms with Crippen LogP contribution in [0.15, 0.2) is 24.3 Å². The lowest BCUT2D eigenvalue weighted by Gasteiger charge is -2.23. The molecular formula is C14H20N2O3S. The third kappa shape index (κ3) is 3.80. The van der Waals surface area contributed by atoms with Crippen LogP contribution in [-0.4, -0.2) is 38.4 Å². The van der Waals surface area contributed by atoms with Crippen LogP contribution in [0.3, 0.4) is 0 Å². The monoisotopic (exact) mass is 296 g/mol. The highest BCUT2D eigenvalue weighted by atomic mass is 32.2. The Bertz CT molecular complexity index is 584. The molecule has 1 aliphatic rings. The number of rotatable bonds is 4. The summed E-state index contributed by atoms with van der Waals surface area (Å²) in [5.74, 6) is 0.0529. The van der Waals surface area contributed by atoms with Crippen molar-refractivity contribution in [3.05, 3.63) is 35.4 Å². The van der Waals surface area contributed by atoms with Crippen LogP contribution in [-0.2, 0) is 16.3 Å². The van der Waals surface area contributed by atoms with Gasteiger partial charge in [0.2, 0.25) is 0 Å². The van der Waals surface area contributed by atoms with Gasteiger partial charge in [0.05, 0.1) is 11.5 Å². The zero-order valence-corrected chi connectivity index (χ0v) is 12.2. The molecule has 1 fully saturated rings. The Morgan fingerprint density at radius 1 is 1.35 bits per heavy atom. The zero-order chi connectivity index (χ0) is 14.6. The predicted molar refractivity (Wildman–Crippen MR) is 78.3 cm³/mol. The second kappa shape index (κ2) is 6.37. The number of carbonyl (C=O) groups excluding carboxylic acids is 1. The lowest BCUT2D eigenvalue weighted by atomic mass is 10.0. The van der Waals surface area contributed by atoms with Gasteiger partial charge >= 0.3 is 0 Å². The molecule has 1 aliphatic heterocycles. The van der Waals surface area contributed by atoms with Crippen LogP contribution in [0.25, 0.3) is 0 Å². The molecule has 1 unspecified atom stereocenters. The minimum atomic E-state index is -3.01. The Labute approximate surface area is 119 Å². The van der Waals surface area contributed by atoms with Crippen molar-refractivity contribution < 1.29 is 13.2 Å². The summed E-state index contributed by atoms with van der Waals surface area (Å²) in [5.41, 5.74) is 7.02. The molecule has 0 radical (unpaired) electrons. The van der Waals surface area contributed by atoms with Crippen molar-refractivity contribution in [2.45, 2.75) is 25.3 Å². The van der Waals surface area contributed by atoms with Gasteiger partial charge < -0.3 is 11.1 Å². The van der Waals surface area contributed by atoms with E-state index in [2.05, 4.69) is 5.32 Å². The van der Waals surface area contributed by atoms with Gasteiger partial charge in [-0.15, -0.1) is 0 Å². The maximum atomic E-state index is 12.3. The number of carbonyl (C=O) groups is 1. The molecule has 0 spiro atoms. The maximum absolute atomic E-state index is 12.3. The Morgan fingerprint density at radius 3 is 2.80 bits per heavy atom. The number of nitrogens with one attached hydrogen (secondary N) is 1. The molecule has 2 rings (SSSR count). The van der Waals surface area contributed by atoms with Crippen molar-refractivity contribution in [3.8, 4) is 0 Å². The van der Waals surface area contributed by atoms with Crippen molar-refractivity contribution in [1.29, 1.82) is 0 Å². The van der Waals surface area contributed by atoms with Crippen LogP contribution in [0.5, 0.6) is 0 Å². The second-order valence-corrected chi connectivity index (χ2v) is 7.35. The number of benzene rings is 1. The van der Waals surface area contributed by atoms with Gasteiger partial charge in [-0.05, 0) is 37.4 Å². The van der Waals surface area contributed by atoms with E-state index in [4.69, 9.17) is 5.73 Å². The summed E-state index contributed by atoms with van der Waals surface area (Å²) in [7, 11) is -3.01. The summed E-state index contributed by atoms with van der Waals surface area (Å²) in [6.07, 6.45) is 1.95. The van der Waals surface area contributed by atoms with Crippen molar-refractivity contribution in [2.75, 3.05) is 18.1 Å². The minimum Gasteiger partial charge on any atom is -0.348 e. The first kappa shape index (κ1) is 15.0. The Morgan fingerprint density at radius 2 is 2.10 bits per heavy atom. The number of hydrogen-bond donors (Lipinski definition) is 2. The normalized spacial score (nSPS) is 21.4. The van der Waals surface area contributed by atoms with Gasteiger partial charge in [-0.3, -0.25) is 4.79 Å². The number of sulfone groups is 1. The fourth-order valence-electron chi connectivity index (χ4n) is 2.52. The fraction of sp³-hybridized carbons (Fsp3) is 0.500. The third-order valence-electron chi connectivity index (χ3n) is 3.47. The molecule has 0 saturated carbocycles. The summed E-state index contributed by atoms with van der Waals surface area (Å²) in [6, 6.07) is 7.00. The average Bonchev–Trinajstić information content (AvgIpc) is 2.38. The van der Waals surface area contributed by atoms with Gasteiger partial charge in [0.25, 0.3) is 5.91 Å². The molecule has 0 aromatic heterocycles. The van der Waals surface area contributed by atoms with E-state index in [-0.39, 0.29) is 23.5 Å². The van der Waals surface area contributed by atoms with E-state index >= 15 is 0 Å². The average molecular weight is 296 g/mol. The summed E-state index contributed by atoms with van der Waals surface area (Å²) >= 11 is 0. The van der Waals surface area contributed by atoms with Crippen molar-refractivity contribution in [3.63, 3.8) is 0 Å². The molecule has 1 heterocycles. The molecule has 1 aromatic carbocycles. The van der Waals surface area contributed by atoms with Gasteiger partial charge in [-0.2, -0.15) is 0 Å². The Balaban J connectivity index is 2.08. The predicted octanol–water partition coefficient (Wildman–Crippen LogP) is 0.495. The SMILES string of the molecule is NCCc1ccccc1C(=O)NC1CCCS(=O)(=O)C1. The minimum absolute atomic E-state index is 0.0395. The lowest BCUT2D eigenvalue weighted by Crippen LogP contribution is -2.43. The first-order valence-corrected chi connectivity index (χ1v) is 8.63. The van der Waals surface area contributed by atoms with Crippen LogP contribution < -0.4 is 11.1 Å². The molecule has 110 valence electrons. The quantitative estimate of drug-likeness (QED) is 0.846. The van der Waals surface area contributed by atoms with Crippen LogP contribution in [0.4, 0.5) is 0 Å².